The van der Waals surface area contributed by atoms with Crippen molar-refractivity contribution in [2.45, 2.75) is 12.8 Å². The number of primary amides is 1. The first kappa shape index (κ1) is 17.1. The molecule has 0 bridgehead atoms. The average Bonchev–Trinajstić information content (AvgIpc) is 2.86. The third-order valence-electron chi connectivity index (χ3n) is 2.75. The van der Waals surface area contributed by atoms with Crippen molar-refractivity contribution >= 4 is 34.1 Å². The van der Waals surface area contributed by atoms with Crippen LogP contribution in [0.2, 0.25) is 0 Å². The van der Waals surface area contributed by atoms with Crippen LogP contribution >= 0.6 is 11.3 Å². The Morgan fingerprint density at radius 1 is 1.43 bits per heavy atom. The van der Waals surface area contributed by atoms with Crippen LogP contribution in [0.1, 0.15) is 23.2 Å². The monoisotopic (exact) mass is 313 g/mol. The minimum Gasteiger partial charge on any atom is -0.469 e. The molecule has 1 heterocycles. The normalized spacial score (nSPS) is 10.4. The van der Waals surface area contributed by atoms with Crippen LogP contribution in [0.3, 0.4) is 0 Å². The lowest BCUT2D eigenvalue weighted by molar-refractivity contribution is -0.140. The number of carbonyl (C=O) groups is 3. The molecule has 0 aromatic carbocycles. The van der Waals surface area contributed by atoms with Crippen molar-refractivity contribution in [1.29, 1.82) is 0 Å². The standard InChI is InChI=1S/C13H19N3O4S/c1-16(6-3-4-11(18)20-2)8-10(17)15-13-9(12(14)19)5-7-21-13/h5,7H,3-4,6,8H2,1-2H3,(H2,14,19)(H,15,17). The molecule has 1 rings (SSSR count). The fraction of sp³-hybridized carbons (Fsp3) is 0.462. The molecule has 0 fully saturated rings. The zero-order chi connectivity index (χ0) is 15.8. The number of hydrogen-bond acceptors (Lipinski definition) is 6. The molecule has 116 valence electrons. The molecule has 0 radical (unpaired) electrons. The molecule has 3 N–H and O–H groups in total. The van der Waals surface area contributed by atoms with E-state index in [2.05, 4.69) is 10.1 Å². The SMILES string of the molecule is COC(=O)CCCN(C)CC(=O)Nc1sccc1C(N)=O. The van der Waals surface area contributed by atoms with E-state index < -0.39 is 5.91 Å². The highest BCUT2D eigenvalue weighted by Crippen LogP contribution is 2.22. The zero-order valence-electron chi connectivity index (χ0n) is 12.0. The molecule has 8 heteroatoms. The molecule has 1 aromatic heterocycles. The summed E-state index contributed by atoms with van der Waals surface area (Å²) in [5.74, 6) is -1.07. The largest absolute Gasteiger partial charge is 0.469 e. The van der Waals surface area contributed by atoms with Gasteiger partial charge in [-0.15, -0.1) is 11.3 Å². The molecule has 1 aromatic rings. The first-order valence-electron chi connectivity index (χ1n) is 6.36. The van der Waals surface area contributed by atoms with Gasteiger partial charge < -0.3 is 15.8 Å². The summed E-state index contributed by atoms with van der Waals surface area (Å²) in [5.41, 5.74) is 5.51. The van der Waals surface area contributed by atoms with E-state index in [1.165, 1.54) is 18.4 Å². The Kier molecular flexibility index (Phi) is 6.83. The minimum absolute atomic E-state index is 0.164. The number of rotatable bonds is 8. The number of hydrogen-bond donors (Lipinski definition) is 2. The molecule has 0 spiro atoms. The van der Waals surface area contributed by atoms with Gasteiger partial charge in [0.05, 0.1) is 19.2 Å². The highest BCUT2D eigenvalue weighted by atomic mass is 32.1. The summed E-state index contributed by atoms with van der Waals surface area (Å²) in [5, 5.41) is 4.80. The Morgan fingerprint density at radius 2 is 2.14 bits per heavy atom. The third-order valence-corrected chi connectivity index (χ3v) is 3.58. The van der Waals surface area contributed by atoms with Gasteiger partial charge in [-0.05, 0) is 31.5 Å². The molecule has 21 heavy (non-hydrogen) atoms. The Bertz CT molecular complexity index is 515. The predicted molar refractivity (Wildman–Crippen MR) is 80.2 cm³/mol. The van der Waals surface area contributed by atoms with Gasteiger partial charge in [0.25, 0.3) is 5.91 Å². The number of nitrogens with one attached hydrogen (secondary N) is 1. The molecule has 0 saturated heterocycles. The van der Waals surface area contributed by atoms with Crippen LogP contribution < -0.4 is 11.1 Å². The number of esters is 1. The Morgan fingerprint density at radius 3 is 2.76 bits per heavy atom. The number of likely N-dealkylation sites (N-methyl/N-ethyl adjacent to an activating group) is 1. The van der Waals surface area contributed by atoms with Gasteiger partial charge in [-0.1, -0.05) is 0 Å². The van der Waals surface area contributed by atoms with Crippen LogP contribution in [-0.4, -0.2) is 49.9 Å². The number of anilines is 1. The van der Waals surface area contributed by atoms with Crippen LogP contribution in [0.5, 0.6) is 0 Å². The maximum Gasteiger partial charge on any atom is 0.305 e. The Labute approximate surface area is 127 Å². The highest BCUT2D eigenvalue weighted by Gasteiger charge is 2.13. The van der Waals surface area contributed by atoms with Crippen LogP contribution in [-0.2, 0) is 14.3 Å². The van der Waals surface area contributed by atoms with Gasteiger partial charge in [0, 0.05) is 6.42 Å². The van der Waals surface area contributed by atoms with E-state index >= 15 is 0 Å². The molecule has 0 aliphatic rings. The van der Waals surface area contributed by atoms with Crippen LogP contribution in [0, 0.1) is 0 Å². The highest BCUT2D eigenvalue weighted by molar-refractivity contribution is 7.14. The second-order valence-electron chi connectivity index (χ2n) is 4.49. The second-order valence-corrected chi connectivity index (χ2v) is 5.41. The molecule has 0 aliphatic carbocycles. The average molecular weight is 313 g/mol. The molecule has 0 aliphatic heterocycles. The lowest BCUT2D eigenvalue weighted by Gasteiger charge is -2.15. The zero-order valence-corrected chi connectivity index (χ0v) is 12.9. The number of thiophene rings is 1. The van der Waals surface area contributed by atoms with E-state index in [1.54, 1.807) is 23.4 Å². The van der Waals surface area contributed by atoms with Crippen molar-refractivity contribution in [2.75, 3.05) is 32.6 Å². The van der Waals surface area contributed by atoms with E-state index in [4.69, 9.17) is 5.73 Å². The number of nitrogens with zero attached hydrogens (tertiary/aromatic N) is 1. The van der Waals surface area contributed by atoms with Crippen molar-refractivity contribution in [3.8, 4) is 0 Å². The van der Waals surface area contributed by atoms with Crippen LogP contribution in [0.15, 0.2) is 11.4 Å². The second kappa shape index (κ2) is 8.38. The summed E-state index contributed by atoms with van der Waals surface area (Å²) in [7, 11) is 3.12. The molecule has 0 atom stereocenters. The predicted octanol–water partition coefficient (Wildman–Crippen LogP) is 0.670. The van der Waals surface area contributed by atoms with E-state index in [0.717, 1.165) is 0 Å². The topological polar surface area (TPSA) is 102 Å². The first-order valence-corrected chi connectivity index (χ1v) is 7.24. The summed E-state index contributed by atoms with van der Waals surface area (Å²) in [4.78, 5) is 35.8. The number of carbonyl (C=O) groups excluding carboxylic acids is 3. The van der Waals surface area contributed by atoms with Gasteiger partial charge >= 0.3 is 5.97 Å². The molecule has 0 saturated carbocycles. The molecule has 0 unspecified atom stereocenters. The summed E-state index contributed by atoms with van der Waals surface area (Å²) in [6.07, 6.45) is 0.932. The maximum absolute atomic E-state index is 11.9. The molecular weight excluding hydrogens is 294 g/mol. The molecule has 2 amide bonds. The summed E-state index contributed by atoms with van der Waals surface area (Å²) < 4.78 is 4.54. The first-order chi connectivity index (χ1) is 9.93. The molecular formula is C13H19N3O4S. The minimum atomic E-state index is -0.571. The van der Waals surface area contributed by atoms with Crippen molar-refractivity contribution in [3.05, 3.63) is 17.0 Å². The van der Waals surface area contributed by atoms with Gasteiger partial charge in [0.2, 0.25) is 5.91 Å². The van der Waals surface area contributed by atoms with Gasteiger partial charge in [-0.3, -0.25) is 19.3 Å². The summed E-state index contributed by atoms with van der Waals surface area (Å²) in [6.45, 7) is 0.757. The van der Waals surface area contributed by atoms with E-state index in [1.807, 2.05) is 0 Å². The van der Waals surface area contributed by atoms with E-state index in [0.29, 0.717) is 30.0 Å². The van der Waals surface area contributed by atoms with Crippen molar-refractivity contribution < 1.29 is 19.1 Å². The van der Waals surface area contributed by atoms with Crippen LogP contribution in [0.4, 0.5) is 5.00 Å². The Balaban J connectivity index is 2.37. The fourth-order valence-corrected chi connectivity index (χ4v) is 2.49. The quantitative estimate of drug-likeness (QED) is 0.687. The lowest BCUT2D eigenvalue weighted by atomic mass is 10.3. The lowest BCUT2D eigenvalue weighted by Crippen LogP contribution is -2.31. The van der Waals surface area contributed by atoms with Gasteiger partial charge in [0.15, 0.2) is 0 Å². The maximum atomic E-state index is 11.9. The van der Waals surface area contributed by atoms with Crippen molar-refractivity contribution in [3.63, 3.8) is 0 Å². The smallest absolute Gasteiger partial charge is 0.305 e. The number of amides is 2. The Hall–Kier alpha value is -1.93. The number of ether oxygens (including phenoxy) is 1. The summed E-state index contributed by atoms with van der Waals surface area (Å²) >= 11 is 1.25. The van der Waals surface area contributed by atoms with Gasteiger partial charge in [-0.25, -0.2) is 0 Å². The molecule has 7 nitrogen and oxygen atoms in total. The van der Waals surface area contributed by atoms with Crippen LogP contribution in [0.25, 0.3) is 0 Å². The van der Waals surface area contributed by atoms with Crippen molar-refractivity contribution in [2.24, 2.45) is 5.73 Å². The van der Waals surface area contributed by atoms with Crippen molar-refractivity contribution in [1.82, 2.24) is 4.90 Å². The van der Waals surface area contributed by atoms with E-state index in [9.17, 15) is 14.4 Å². The summed E-state index contributed by atoms with van der Waals surface area (Å²) in [6, 6.07) is 1.57. The third kappa shape index (κ3) is 5.92. The van der Waals surface area contributed by atoms with E-state index in [-0.39, 0.29) is 18.4 Å². The van der Waals surface area contributed by atoms with Gasteiger partial charge in [0.1, 0.15) is 5.00 Å². The van der Waals surface area contributed by atoms with Gasteiger partial charge in [-0.2, -0.15) is 0 Å². The number of methoxy groups -OCH3 is 1. The fourth-order valence-electron chi connectivity index (χ4n) is 1.69. The number of nitrogens with two attached hydrogens (primary N) is 1.